The fourth-order valence-electron chi connectivity index (χ4n) is 1.19. The van der Waals surface area contributed by atoms with Crippen molar-refractivity contribution in [1.82, 2.24) is 4.98 Å². The molecule has 2 rings (SSSR count). The minimum atomic E-state index is 0.467. The maximum absolute atomic E-state index is 5.86. The zero-order chi connectivity index (χ0) is 11.5. The van der Waals surface area contributed by atoms with Gasteiger partial charge in [-0.15, -0.1) is 0 Å². The standard InChI is InChI=1S/C11H8BrClN2O/c12-9-5-15-6-10(14)11(9)16-8-3-1-2-7(13)4-8/h1-6H,14H2. The smallest absolute Gasteiger partial charge is 0.167 e. The first-order valence-corrected chi connectivity index (χ1v) is 5.66. The molecule has 0 amide bonds. The summed E-state index contributed by atoms with van der Waals surface area (Å²) in [5, 5.41) is 0.612. The second-order valence-corrected chi connectivity index (χ2v) is 4.39. The molecule has 0 atom stereocenters. The van der Waals surface area contributed by atoms with Gasteiger partial charge >= 0.3 is 0 Å². The molecule has 16 heavy (non-hydrogen) atoms. The third-order valence-corrected chi connectivity index (χ3v) is 2.70. The Labute approximate surface area is 106 Å². The SMILES string of the molecule is Nc1cncc(Br)c1Oc1cccc(Cl)c1. The van der Waals surface area contributed by atoms with Gasteiger partial charge in [-0.25, -0.2) is 0 Å². The van der Waals surface area contributed by atoms with Crippen molar-refractivity contribution in [3.05, 3.63) is 46.2 Å². The lowest BCUT2D eigenvalue weighted by Crippen LogP contribution is -1.94. The van der Waals surface area contributed by atoms with Crippen LogP contribution in [0.4, 0.5) is 5.69 Å². The van der Waals surface area contributed by atoms with E-state index in [0.717, 1.165) is 0 Å². The Bertz CT molecular complexity index is 499. The molecule has 0 fully saturated rings. The molecule has 0 unspecified atom stereocenters. The van der Waals surface area contributed by atoms with Crippen LogP contribution >= 0.6 is 27.5 Å². The van der Waals surface area contributed by atoms with E-state index in [1.807, 2.05) is 6.07 Å². The monoisotopic (exact) mass is 298 g/mol. The first-order valence-electron chi connectivity index (χ1n) is 4.49. The summed E-state index contributed by atoms with van der Waals surface area (Å²) in [6.45, 7) is 0. The van der Waals surface area contributed by atoms with Crippen LogP contribution in [-0.2, 0) is 0 Å². The molecule has 2 N–H and O–H groups in total. The number of nitrogens with two attached hydrogens (primary N) is 1. The molecule has 1 heterocycles. The molecule has 0 saturated heterocycles. The number of nitrogens with zero attached hydrogens (tertiary/aromatic N) is 1. The van der Waals surface area contributed by atoms with Gasteiger partial charge in [0, 0.05) is 11.2 Å². The summed E-state index contributed by atoms with van der Waals surface area (Å²) in [7, 11) is 0. The Morgan fingerprint density at radius 1 is 1.31 bits per heavy atom. The molecule has 2 aromatic rings. The van der Waals surface area contributed by atoms with Gasteiger partial charge in [0.2, 0.25) is 0 Å². The Hall–Kier alpha value is -1.26. The number of nitrogen functional groups attached to an aromatic ring is 1. The number of benzene rings is 1. The largest absolute Gasteiger partial charge is 0.454 e. The molecule has 5 heteroatoms. The predicted molar refractivity (Wildman–Crippen MR) is 67.9 cm³/mol. The highest BCUT2D eigenvalue weighted by atomic mass is 79.9. The average molecular weight is 300 g/mol. The van der Waals surface area contributed by atoms with Crippen molar-refractivity contribution in [2.75, 3.05) is 5.73 Å². The first kappa shape index (κ1) is 11.2. The van der Waals surface area contributed by atoms with Crippen molar-refractivity contribution in [1.29, 1.82) is 0 Å². The van der Waals surface area contributed by atoms with E-state index < -0.39 is 0 Å². The van der Waals surface area contributed by atoms with Gasteiger partial charge in [0.25, 0.3) is 0 Å². The van der Waals surface area contributed by atoms with E-state index in [4.69, 9.17) is 22.1 Å². The number of rotatable bonds is 2. The summed E-state index contributed by atoms with van der Waals surface area (Å²) in [5.74, 6) is 1.17. The molecule has 0 saturated carbocycles. The summed E-state index contributed by atoms with van der Waals surface area (Å²) in [6, 6.07) is 7.11. The first-order chi connectivity index (χ1) is 7.66. The minimum Gasteiger partial charge on any atom is -0.454 e. The maximum atomic E-state index is 5.86. The molecular weight excluding hydrogens is 291 g/mol. The van der Waals surface area contributed by atoms with Crippen LogP contribution in [-0.4, -0.2) is 4.98 Å². The molecule has 1 aromatic carbocycles. The van der Waals surface area contributed by atoms with Crippen LogP contribution in [0.5, 0.6) is 11.5 Å². The van der Waals surface area contributed by atoms with Gasteiger partial charge in [-0.3, -0.25) is 4.98 Å². The van der Waals surface area contributed by atoms with Crippen molar-refractivity contribution in [2.24, 2.45) is 0 Å². The van der Waals surface area contributed by atoms with E-state index in [0.29, 0.717) is 26.7 Å². The number of hydrogen-bond acceptors (Lipinski definition) is 3. The van der Waals surface area contributed by atoms with E-state index in [9.17, 15) is 0 Å². The number of ether oxygens (including phenoxy) is 1. The van der Waals surface area contributed by atoms with E-state index >= 15 is 0 Å². The van der Waals surface area contributed by atoms with Crippen molar-refractivity contribution in [3.8, 4) is 11.5 Å². The molecular formula is C11H8BrClN2O. The molecule has 0 aliphatic rings. The predicted octanol–water partition coefficient (Wildman–Crippen LogP) is 3.87. The van der Waals surface area contributed by atoms with E-state index in [2.05, 4.69) is 20.9 Å². The normalized spacial score (nSPS) is 10.1. The van der Waals surface area contributed by atoms with Crippen LogP contribution in [0.2, 0.25) is 5.02 Å². The van der Waals surface area contributed by atoms with Crippen LogP contribution in [0.1, 0.15) is 0 Å². The Balaban J connectivity index is 2.34. The van der Waals surface area contributed by atoms with Crippen LogP contribution in [0, 0.1) is 0 Å². The van der Waals surface area contributed by atoms with E-state index in [1.165, 1.54) is 6.20 Å². The topological polar surface area (TPSA) is 48.1 Å². The molecule has 0 radical (unpaired) electrons. The van der Waals surface area contributed by atoms with Gasteiger partial charge in [0.05, 0.1) is 16.4 Å². The van der Waals surface area contributed by atoms with Crippen molar-refractivity contribution < 1.29 is 4.74 Å². The number of halogens is 2. The third kappa shape index (κ3) is 2.46. The maximum Gasteiger partial charge on any atom is 0.167 e. The molecule has 0 bridgehead atoms. The lowest BCUT2D eigenvalue weighted by molar-refractivity contribution is 0.481. The highest BCUT2D eigenvalue weighted by Gasteiger charge is 2.07. The number of pyridine rings is 1. The minimum absolute atomic E-state index is 0.467. The summed E-state index contributed by atoms with van der Waals surface area (Å²) >= 11 is 9.18. The molecule has 82 valence electrons. The lowest BCUT2D eigenvalue weighted by atomic mass is 10.3. The quantitative estimate of drug-likeness (QED) is 0.915. The van der Waals surface area contributed by atoms with Crippen molar-refractivity contribution >= 4 is 33.2 Å². The molecule has 0 aliphatic heterocycles. The van der Waals surface area contributed by atoms with Gasteiger partial charge in [0.15, 0.2) is 5.75 Å². The van der Waals surface area contributed by atoms with Crippen LogP contribution in [0.3, 0.4) is 0 Å². The Morgan fingerprint density at radius 3 is 2.81 bits per heavy atom. The second kappa shape index (κ2) is 4.72. The van der Waals surface area contributed by atoms with Gasteiger partial charge in [0.1, 0.15) is 5.75 Å². The van der Waals surface area contributed by atoms with Crippen LogP contribution in [0.25, 0.3) is 0 Å². The lowest BCUT2D eigenvalue weighted by Gasteiger charge is -2.09. The van der Waals surface area contributed by atoms with Gasteiger partial charge < -0.3 is 10.5 Å². The zero-order valence-electron chi connectivity index (χ0n) is 8.15. The number of aromatic nitrogens is 1. The van der Waals surface area contributed by atoms with Gasteiger partial charge in [-0.1, -0.05) is 17.7 Å². The molecule has 1 aromatic heterocycles. The number of anilines is 1. The zero-order valence-corrected chi connectivity index (χ0v) is 10.5. The van der Waals surface area contributed by atoms with Crippen LogP contribution in [0.15, 0.2) is 41.1 Å². The number of hydrogen-bond donors (Lipinski definition) is 1. The summed E-state index contributed by atoms with van der Waals surface area (Å²) in [5.41, 5.74) is 6.22. The molecule has 3 nitrogen and oxygen atoms in total. The fraction of sp³-hybridized carbons (Fsp3) is 0. The van der Waals surface area contributed by atoms with Crippen molar-refractivity contribution in [3.63, 3.8) is 0 Å². The second-order valence-electron chi connectivity index (χ2n) is 3.10. The van der Waals surface area contributed by atoms with Crippen molar-refractivity contribution in [2.45, 2.75) is 0 Å². The van der Waals surface area contributed by atoms with E-state index in [1.54, 1.807) is 24.4 Å². The Morgan fingerprint density at radius 2 is 2.12 bits per heavy atom. The molecule has 0 aliphatic carbocycles. The van der Waals surface area contributed by atoms with Crippen LogP contribution < -0.4 is 10.5 Å². The Kier molecular flexibility index (Phi) is 3.31. The van der Waals surface area contributed by atoms with E-state index in [-0.39, 0.29) is 0 Å². The molecule has 0 spiro atoms. The summed E-state index contributed by atoms with van der Waals surface area (Å²) in [6.07, 6.45) is 3.15. The highest BCUT2D eigenvalue weighted by Crippen LogP contribution is 2.34. The average Bonchev–Trinajstić information content (AvgIpc) is 2.24. The summed E-state index contributed by atoms with van der Waals surface area (Å²) < 4.78 is 6.33. The highest BCUT2D eigenvalue weighted by molar-refractivity contribution is 9.10. The fourth-order valence-corrected chi connectivity index (χ4v) is 1.80. The van der Waals surface area contributed by atoms with Gasteiger partial charge in [-0.2, -0.15) is 0 Å². The van der Waals surface area contributed by atoms with Gasteiger partial charge in [-0.05, 0) is 34.1 Å². The summed E-state index contributed by atoms with van der Waals surface area (Å²) in [4.78, 5) is 3.93. The third-order valence-electron chi connectivity index (χ3n) is 1.90.